The molecule has 0 aromatic heterocycles. The molecule has 134 valence electrons. The van der Waals surface area contributed by atoms with Crippen molar-refractivity contribution < 1.29 is 8.85 Å². The van der Waals surface area contributed by atoms with Crippen LogP contribution >= 0.6 is 0 Å². The fraction of sp³-hybridized carbons (Fsp3) is 1.00. The number of hydrogen-bond donors (Lipinski definition) is 0. The summed E-state index contributed by atoms with van der Waals surface area (Å²) in [4.78, 5) is 0. The molecule has 0 bridgehead atoms. The van der Waals surface area contributed by atoms with E-state index in [1.165, 1.54) is 70.6 Å². The van der Waals surface area contributed by atoms with Gasteiger partial charge in [-0.25, -0.2) is 0 Å². The molecule has 22 heavy (non-hydrogen) atoms. The van der Waals surface area contributed by atoms with Crippen LogP contribution in [0.4, 0.5) is 0 Å². The monoisotopic (exact) mass is 330 g/mol. The van der Waals surface area contributed by atoms with E-state index in [-0.39, 0.29) is 0 Å². The van der Waals surface area contributed by atoms with E-state index in [0.29, 0.717) is 0 Å². The van der Waals surface area contributed by atoms with E-state index in [4.69, 9.17) is 8.85 Å². The molecule has 0 saturated carbocycles. The summed E-state index contributed by atoms with van der Waals surface area (Å²) in [5, 5.41) is 0. The standard InChI is InChI=1S/C19H42O2Si/c1-5-9-11-12-13-14-15-17-19-21-22(7-3,8-4)20-18-16-10-6-2/h5-19H2,1-4H3. The van der Waals surface area contributed by atoms with E-state index in [0.717, 1.165) is 25.3 Å². The second kappa shape index (κ2) is 16.0. The fourth-order valence-electron chi connectivity index (χ4n) is 2.80. The summed E-state index contributed by atoms with van der Waals surface area (Å²) in [6, 6.07) is 2.18. The Morgan fingerprint density at radius 1 is 0.500 bits per heavy atom. The number of rotatable bonds is 17. The van der Waals surface area contributed by atoms with Crippen molar-refractivity contribution >= 4 is 8.56 Å². The number of hydrogen-bond acceptors (Lipinski definition) is 2. The molecule has 0 spiro atoms. The third-order valence-electron chi connectivity index (χ3n) is 4.55. The Kier molecular flexibility index (Phi) is 16.1. The zero-order valence-electron chi connectivity index (χ0n) is 15.9. The average Bonchev–Trinajstić information content (AvgIpc) is 2.55. The Morgan fingerprint density at radius 3 is 1.32 bits per heavy atom. The quantitative estimate of drug-likeness (QED) is 0.215. The van der Waals surface area contributed by atoms with E-state index in [2.05, 4.69) is 27.7 Å². The van der Waals surface area contributed by atoms with Gasteiger partial charge in [-0.15, -0.1) is 0 Å². The first kappa shape index (κ1) is 22.1. The molecule has 0 saturated heterocycles. The predicted octanol–water partition coefficient (Wildman–Crippen LogP) is 6.83. The molecule has 0 aromatic carbocycles. The maximum atomic E-state index is 6.27. The van der Waals surface area contributed by atoms with Gasteiger partial charge in [-0.05, 0) is 24.9 Å². The number of unbranched alkanes of at least 4 members (excludes halogenated alkanes) is 9. The molecule has 0 N–H and O–H groups in total. The molecule has 3 heteroatoms. The Morgan fingerprint density at radius 2 is 0.864 bits per heavy atom. The zero-order valence-corrected chi connectivity index (χ0v) is 16.9. The summed E-state index contributed by atoms with van der Waals surface area (Å²) in [6.07, 6.45) is 14.6. The van der Waals surface area contributed by atoms with Crippen LogP contribution in [0.1, 0.15) is 98.3 Å². The Bertz CT molecular complexity index is 217. The first-order valence-electron chi connectivity index (χ1n) is 10.0. The molecule has 0 aliphatic heterocycles. The molecule has 2 nitrogen and oxygen atoms in total. The third-order valence-corrected chi connectivity index (χ3v) is 8.17. The van der Waals surface area contributed by atoms with Gasteiger partial charge < -0.3 is 8.85 Å². The van der Waals surface area contributed by atoms with Crippen molar-refractivity contribution in [3.05, 3.63) is 0 Å². The molecule has 0 aliphatic rings. The minimum atomic E-state index is -1.88. The van der Waals surface area contributed by atoms with E-state index in [9.17, 15) is 0 Å². The smallest absolute Gasteiger partial charge is 0.337 e. The van der Waals surface area contributed by atoms with E-state index in [1.54, 1.807) is 0 Å². The third kappa shape index (κ3) is 11.7. The van der Waals surface area contributed by atoms with Crippen molar-refractivity contribution in [2.24, 2.45) is 0 Å². The summed E-state index contributed by atoms with van der Waals surface area (Å²) in [7, 11) is -1.88. The zero-order chi connectivity index (χ0) is 16.5. The highest BCUT2D eigenvalue weighted by atomic mass is 28.4. The van der Waals surface area contributed by atoms with Crippen LogP contribution in [0.15, 0.2) is 0 Å². The van der Waals surface area contributed by atoms with Gasteiger partial charge in [0.1, 0.15) is 0 Å². The highest BCUT2D eigenvalue weighted by Gasteiger charge is 2.33. The van der Waals surface area contributed by atoms with Gasteiger partial charge in [0.05, 0.1) is 0 Å². The lowest BCUT2D eigenvalue weighted by atomic mass is 10.1. The van der Waals surface area contributed by atoms with Crippen LogP contribution in [0.25, 0.3) is 0 Å². The molecule has 0 aromatic rings. The summed E-state index contributed by atoms with van der Waals surface area (Å²) in [6.45, 7) is 10.8. The first-order chi connectivity index (χ1) is 10.7. The summed E-state index contributed by atoms with van der Waals surface area (Å²) in [5.41, 5.74) is 0. The van der Waals surface area contributed by atoms with Gasteiger partial charge in [0.25, 0.3) is 0 Å². The van der Waals surface area contributed by atoms with E-state index >= 15 is 0 Å². The van der Waals surface area contributed by atoms with Gasteiger partial charge in [-0.3, -0.25) is 0 Å². The predicted molar refractivity (Wildman–Crippen MR) is 101 cm³/mol. The SMILES string of the molecule is CCCCCCCCCCO[Si](CC)(CC)OCCCCC. The second-order valence-corrected chi connectivity index (χ2v) is 10.3. The molecular formula is C19H42O2Si. The van der Waals surface area contributed by atoms with Crippen LogP contribution in [0.3, 0.4) is 0 Å². The van der Waals surface area contributed by atoms with Crippen LogP contribution in [0.5, 0.6) is 0 Å². The normalized spacial score (nSPS) is 12.0. The van der Waals surface area contributed by atoms with Gasteiger partial charge in [0, 0.05) is 13.2 Å². The van der Waals surface area contributed by atoms with Crippen molar-refractivity contribution in [1.82, 2.24) is 0 Å². The van der Waals surface area contributed by atoms with Crippen molar-refractivity contribution in [1.29, 1.82) is 0 Å². The van der Waals surface area contributed by atoms with Gasteiger partial charge >= 0.3 is 8.56 Å². The summed E-state index contributed by atoms with van der Waals surface area (Å²) in [5.74, 6) is 0. The Labute approximate surface area is 141 Å². The Balaban J connectivity index is 3.67. The van der Waals surface area contributed by atoms with Crippen LogP contribution in [0.2, 0.25) is 12.1 Å². The molecule has 0 amide bonds. The van der Waals surface area contributed by atoms with Crippen LogP contribution in [-0.4, -0.2) is 21.8 Å². The van der Waals surface area contributed by atoms with Crippen molar-refractivity contribution in [3.8, 4) is 0 Å². The molecule has 0 rings (SSSR count). The van der Waals surface area contributed by atoms with Crippen molar-refractivity contribution in [2.45, 2.75) is 110 Å². The van der Waals surface area contributed by atoms with Gasteiger partial charge in [-0.2, -0.15) is 0 Å². The topological polar surface area (TPSA) is 18.5 Å². The van der Waals surface area contributed by atoms with Gasteiger partial charge in [0.15, 0.2) is 0 Å². The summed E-state index contributed by atoms with van der Waals surface area (Å²) >= 11 is 0. The van der Waals surface area contributed by atoms with E-state index in [1.807, 2.05) is 0 Å². The van der Waals surface area contributed by atoms with Crippen LogP contribution in [-0.2, 0) is 8.85 Å². The molecule has 0 heterocycles. The van der Waals surface area contributed by atoms with Crippen molar-refractivity contribution in [3.63, 3.8) is 0 Å². The lowest BCUT2D eigenvalue weighted by Gasteiger charge is -2.29. The molecular weight excluding hydrogens is 288 g/mol. The van der Waals surface area contributed by atoms with Gasteiger partial charge in [0.2, 0.25) is 0 Å². The molecule has 0 radical (unpaired) electrons. The lowest BCUT2D eigenvalue weighted by Crippen LogP contribution is -2.41. The van der Waals surface area contributed by atoms with E-state index < -0.39 is 8.56 Å². The Hall–Kier alpha value is 0.137. The first-order valence-corrected chi connectivity index (χ1v) is 12.3. The molecule has 0 aliphatic carbocycles. The molecule has 0 fully saturated rings. The average molecular weight is 331 g/mol. The maximum Gasteiger partial charge on any atom is 0.337 e. The summed E-state index contributed by atoms with van der Waals surface area (Å²) < 4.78 is 12.5. The van der Waals surface area contributed by atoms with Crippen LogP contribution < -0.4 is 0 Å². The van der Waals surface area contributed by atoms with Crippen LogP contribution in [0, 0.1) is 0 Å². The highest BCUT2D eigenvalue weighted by Crippen LogP contribution is 2.20. The lowest BCUT2D eigenvalue weighted by molar-refractivity contribution is 0.163. The van der Waals surface area contributed by atoms with Crippen molar-refractivity contribution in [2.75, 3.05) is 13.2 Å². The molecule has 0 atom stereocenters. The largest absolute Gasteiger partial charge is 0.394 e. The minimum absolute atomic E-state index is 0.902. The fourth-order valence-corrected chi connectivity index (χ4v) is 5.24. The minimum Gasteiger partial charge on any atom is -0.394 e. The maximum absolute atomic E-state index is 6.27. The molecule has 0 unspecified atom stereocenters. The second-order valence-electron chi connectivity index (χ2n) is 6.50. The van der Waals surface area contributed by atoms with Gasteiger partial charge in [-0.1, -0.05) is 85.5 Å². The highest BCUT2D eigenvalue weighted by molar-refractivity contribution is 6.67.